The smallest absolute Gasteiger partial charge is 0.168 e. The molecule has 106 valence electrons. The molecule has 0 fully saturated rings. The molecule has 1 heterocycles. The molecule has 0 saturated carbocycles. The van der Waals surface area contributed by atoms with Gasteiger partial charge in [0.2, 0.25) is 0 Å². The van der Waals surface area contributed by atoms with Gasteiger partial charge < -0.3 is 20.5 Å². The van der Waals surface area contributed by atoms with Crippen molar-refractivity contribution in [1.29, 1.82) is 0 Å². The maximum absolute atomic E-state index is 5.68. The minimum Gasteiger partial charge on any atom is -0.492 e. The molecule has 0 aliphatic heterocycles. The molecule has 20 heavy (non-hydrogen) atoms. The number of nitrogen functional groups attached to an aromatic ring is 1. The number of pyridine rings is 1. The number of anilines is 2. The molecule has 0 aliphatic rings. The van der Waals surface area contributed by atoms with Gasteiger partial charge >= 0.3 is 0 Å². The average Bonchev–Trinajstić information content (AvgIpc) is 2.46. The van der Waals surface area contributed by atoms with Gasteiger partial charge in [-0.3, -0.25) is 0 Å². The van der Waals surface area contributed by atoms with Crippen LogP contribution in [0, 0.1) is 0 Å². The third-order valence-electron chi connectivity index (χ3n) is 2.59. The van der Waals surface area contributed by atoms with E-state index >= 15 is 0 Å². The zero-order valence-electron chi connectivity index (χ0n) is 11.5. The predicted octanol–water partition coefficient (Wildman–Crippen LogP) is 2.55. The first-order valence-corrected chi connectivity index (χ1v) is 6.59. The Bertz CT molecular complexity index is 546. The van der Waals surface area contributed by atoms with E-state index in [0.717, 1.165) is 17.3 Å². The van der Waals surface area contributed by atoms with E-state index in [-0.39, 0.29) is 0 Å². The highest BCUT2D eigenvalue weighted by atomic mass is 16.5. The Balaban J connectivity index is 1.81. The van der Waals surface area contributed by atoms with Crippen LogP contribution in [-0.2, 0) is 0 Å². The lowest BCUT2D eigenvalue weighted by Crippen LogP contribution is -2.13. The Labute approximate surface area is 118 Å². The molecule has 1 aromatic carbocycles. The molecule has 1 aromatic heterocycles. The van der Waals surface area contributed by atoms with Crippen molar-refractivity contribution >= 4 is 11.5 Å². The minimum atomic E-state index is 0.519. The number of benzene rings is 1. The highest BCUT2D eigenvalue weighted by molar-refractivity contribution is 5.49. The fourth-order valence-corrected chi connectivity index (χ4v) is 1.74. The molecular formula is C15H19N3O2. The van der Waals surface area contributed by atoms with Crippen LogP contribution in [0.25, 0.3) is 0 Å². The Morgan fingerprint density at radius 1 is 1.20 bits per heavy atom. The summed E-state index contributed by atoms with van der Waals surface area (Å²) in [5.41, 5.74) is 6.38. The van der Waals surface area contributed by atoms with Crippen LogP contribution in [0.2, 0.25) is 0 Å². The number of nitrogens with two attached hydrogens (primary N) is 1. The molecule has 5 heteroatoms. The molecule has 0 unspecified atom stereocenters. The third kappa shape index (κ3) is 4.05. The second kappa shape index (κ2) is 7.23. The molecule has 0 radical (unpaired) electrons. The molecule has 5 nitrogen and oxygen atoms in total. The first-order valence-electron chi connectivity index (χ1n) is 6.59. The van der Waals surface area contributed by atoms with Crippen molar-refractivity contribution in [3.63, 3.8) is 0 Å². The minimum absolute atomic E-state index is 0.519. The number of nitrogens with one attached hydrogen (secondary N) is 1. The highest BCUT2D eigenvalue weighted by Crippen LogP contribution is 2.20. The standard InChI is InChI=1S/C15H19N3O2/c1-2-19-14-7-4-8-17-15(14)18-9-10-20-13-6-3-5-12(16)11-13/h3-8,11H,2,9-10,16H2,1H3,(H,17,18). The number of ether oxygens (including phenoxy) is 2. The lowest BCUT2D eigenvalue weighted by molar-refractivity contribution is 0.330. The van der Waals surface area contributed by atoms with Crippen molar-refractivity contribution in [1.82, 2.24) is 4.98 Å². The second-order valence-electron chi connectivity index (χ2n) is 4.13. The van der Waals surface area contributed by atoms with Gasteiger partial charge in [0.15, 0.2) is 11.6 Å². The summed E-state index contributed by atoms with van der Waals surface area (Å²) in [6.07, 6.45) is 1.73. The Hall–Kier alpha value is -2.43. The lowest BCUT2D eigenvalue weighted by Gasteiger charge is -2.11. The summed E-state index contributed by atoms with van der Waals surface area (Å²) in [5.74, 6) is 2.24. The van der Waals surface area contributed by atoms with E-state index in [2.05, 4.69) is 10.3 Å². The van der Waals surface area contributed by atoms with E-state index in [1.54, 1.807) is 12.3 Å². The Morgan fingerprint density at radius 2 is 2.10 bits per heavy atom. The summed E-state index contributed by atoms with van der Waals surface area (Å²) >= 11 is 0. The van der Waals surface area contributed by atoms with Crippen molar-refractivity contribution in [2.45, 2.75) is 6.92 Å². The van der Waals surface area contributed by atoms with Gasteiger partial charge in [0.1, 0.15) is 12.4 Å². The van der Waals surface area contributed by atoms with E-state index in [0.29, 0.717) is 25.4 Å². The molecule has 0 atom stereocenters. The van der Waals surface area contributed by atoms with Gasteiger partial charge in [0.25, 0.3) is 0 Å². The first-order chi connectivity index (χ1) is 9.79. The van der Waals surface area contributed by atoms with E-state index in [9.17, 15) is 0 Å². The molecule has 2 rings (SSSR count). The van der Waals surface area contributed by atoms with Gasteiger partial charge in [-0.25, -0.2) is 4.98 Å². The third-order valence-corrected chi connectivity index (χ3v) is 2.59. The van der Waals surface area contributed by atoms with Gasteiger partial charge in [-0.05, 0) is 31.2 Å². The summed E-state index contributed by atoms with van der Waals surface area (Å²) < 4.78 is 11.1. The van der Waals surface area contributed by atoms with Crippen LogP contribution in [-0.4, -0.2) is 24.7 Å². The number of rotatable bonds is 7. The number of hydrogen-bond acceptors (Lipinski definition) is 5. The number of nitrogens with zero attached hydrogens (tertiary/aromatic N) is 1. The van der Waals surface area contributed by atoms with Crippen LogP contribution in [0.15, 0.2) is 42.6 Å². The van der Waals surface area contributed by atoms with Crippen molar-refractivity contribution in [3.05, 3.63) is 42.6 Å². The molecule has 0 bridgehead atoms. The van der Waals surface area contributed by atoms with E-state index in [1.165, 1.54) is 0 Å². The van der Waals surface area contributed by atoms with E-state index < -0.39 is 0 Å². The normalized spacial score (nSPS) is 10.1. The fourth-order valence-electron chi connectivity index (χ4n) is 1.74. The summed E-state index contributed by atoms with van der Waals surface area (Å²) in [6, 6.07) is 11.1. The molecular weight excluding hydrogens is 254 g/mol. The summed E-state index contributed by atoms with van der Waals surface area (Å²) in [7, 11) is 0. The van der Waals surface area contributed by atoms with Crippen LogP contribution in [0.4, 0.5) is 11.5 Å². The molecule has 2 aromatic rings. The number of hydrogen-bond donors (Lipinski definition) is 2. The van der Waals surface area contributed by atoms with Crippen LogP contribution in [0.5, 0.6) is 11.5 Å². The van der Waals surface area contributed by atoms with Gasteiger partial charge in [0, 0.05) is 18.0 Å². The molecule has 3 N–H and O–H groups in total. The maximum atomic E-state index is 5.68. The fraction of sp³-hybridized carbons (Fsp3) is 0.267. The van der Waals surface area contributed by atoms with Crippen molar-refractivity contribution in [3.8, 4) is 11.5 Å². The SMILES string of the molecule is CCOc1cccnc1NCCOc1cccc(N)c1. The predicted molar refractivity (Wildman–Crippen MR) is 80.2 cm³/mol. The van der Waals surface area contributed by atoms with E-state index in [1.807, 2.05) is 37.3 Å². The summed E-state index contributed by atoms with van der Waals surface area (Å²) in [6.45, 7) is 3.71. The van der Waals surface area contributed by atoms with Crippen molar-refractivity contribution in [2.75, 3.05) is 30.8 Å². The van der Waals surface area contributed by atoms with E-state index in [4.69, 9.17) is 15.2 Å². The van der Waals surface area contributed by atoms with Crippen molar-refractivity contribution < 1.29 is 9.47 Å². The quantitative estimate of drug-likeness (QED) is 0.599. The molecule has 0 aliphatic carbocycles. The largest absolute Gasteiger partial charge is 0.492 e. The van der Waals surface area contributed by atoms with Crippen molar-refractivity contribution in [2.24, 2.45) is 0 Å². The van der Waals surface area contributed by atoms with Gasteiger partial charge in [-0.15, -0.1) is 0 Å². The summed E-state index contributed by atoms with van der Waals surface area (Å²) in [4.78, 5) is 4.24. The van der Waals surface area contributed by atoms with Gasteiger partial charge in [-0.1, -0.05) is 6.07 Å². The Morgan fingerprint density at radius 3 is 2.90 bits per heavy atom. The first kappa shape index (κ1) is 14.0. The monoisotopic (exact) mass is 273 g/mol. The topological polar surface area (TPSA) is 69.4 Å². The second-order valence-corrected chi connectivity index (χ2v) is 4.13. The molecule has 0 amide bonds. The van der Waals surface area contributed by atoms with Crippen LogP contribution < -0.4 is 20.5 Å². The highest BCUT2D eigenvalue weighted by Gasteiger charge is 2.02. The lowest BCUT2D eigenvalue weighted by atomic mass is 10.3. The summed E-state index contributed by atoms with van der Waals surface area (Å²) in [5, 5.41) is 3.19. The maximum Gasteiger partial charge on any atom is 0.168 e. The van der Waals surface area contributed by atoms with Gasteiger partial charge in [-0.2, -0.15) is 0 Å². The zero-order chi connectivity index (χ0) is 14.2. The van der Waals surface area contributed by atoms with Crippen LogP contribution in [0.3, 0.4) is 0 Å². The zero-order valence-corrected chi connectivity index (χ0v) is 11.5. The van der Waals surface area contributed by atoms with Gasteiger partial charge in [0.05, 0.1) is 13.2 Å². The van der Waals surface area contributed by atoms with Crippen LogP contribution in [0.1, 0.15) is 6.92 Å². The molecule has 0 saturated heterocycles. The Kier molecular flexibility index (Phi) is 5.06. The average molecular weight is 273 g/mol. The number of aromatic nitrogens is 1. The molecule has 0 spiro atoms. The van der Waals surface area contributed by atoms with Crippen LogP contribution >= 0.6 is 0 Å².